The van der Waals surface area contributed by atoms with Crippen molar-refractivity contribution < 1.29 is 19.2 Å². The first kappa shape index (κ1) is 13.0. The minimum Gasteiger partial charge on any atom is -0.496 e. The van der Waals surface area contributed by atoms with Gasteiger partial charge in [0.15, 0.2) is 17.6 Å². The summed E-state index contributed by atoms with van der Waals surface area (Å²) in [4.78, 5) is 21.3. The maximum Gasteiger partial charge on any atom is 0.314 e. The van der Waals surface area contributed by atoms with Gasteiger partial charge in [-0.2, -0.15) is 0 Å². The summed E-state index contributed by atoms with van der Waals surface area (Å²) in [5, 5.41) is 10.8. The van der Waals surface area contributed by atoms with E-state index in [1.54, 1.807) is 0 Å². The molecule has 0 heterocycles. The van der Waals surface area contributed by atoms with Crippen LogP contribution < -0.4 is 9.47 Å². The highest BCUT2D eigenvalue weighted by Crippen LogP contribution is 2.31. The fraction of sp³-hybridized carbons (Fsp3) is 0.364. The summed E-state index contributed by atoms with van der Waals surface area (Å²) < 4.78 is 10.1. The molecule has 0 amide bonds. The monoisotopic (exact) mass is 239 g/mol. The average molecular weight is 239 g/mol. The summed E-state index contributed by atoms with van der Waals surface area (Å²) in [6.07, 6.45) is -0.720. The van der Waals surface area contributed by atoms with Crippen molar-refractivity contribution in [2.45, 2.75) is 20.0 Å². The Labute approximate surface area is 98.3 Å². The number of rotatable bonds is 5. The molecule has 0 aromatic heterocycles. The van der Waals surface area contributed by atoms with Gasteiger partial charge in [0.2, 0.25) is 0 Å². The maximum atomic E-state index is 11.0. The molecule has 0 saturated heterocycles. The second-order valence-corrected chi connectivity index (χ2v) is 3.46. The van der Waals surface area contributed by atoms with Crippen LogP contribution in [0.4, 0.5) is 5.69 Å². The van der Waals surface area contributed by atoms with E-state index in [0.29, 0.717) is 5.75 Å². The van der Waals surface area contributed by atoms with Gasteiger partial charge in [-0.15, -0.1) is 0 Å². The van der Waals surface area contributed by atoms with Crippen LogP contribution in [0, 0.1) is 10.1 Å². The lowest BCUT2D eigenvalue weighted by molar-refractivity contribution is -0.386. The van der Waals surface area contributed by atoms with E-state index < -0.39 is 11.0 Å². The quantitative estimate of drug-likeness (QED) is 0.579. The summed E-state index contributed by atoms with van der Waals surface area (Å²) in [5.74, 6) is 0.216. The minimum absolute atomic E-state index is 0.0542. The summed E-state index contributed by atoms with van der Waals surface area (Å²) >= 11 is 0. The van der Waals surface area contributed by atoms with Crippen LogP contribution in [0.25, 0.3) is 0 Å². The Balaban J connectivity index is 3.06. The van der Waals surface area contributed by atoms with E-state index in [0.717, 1.165) is 0 Å². The Morgan fingerprint density at radius 1 is 1.47 bits per heavy atom. The first-order valence-electron chi connectivity index (χ1n) is 4.95. The van der Waals surface area contributed by atoms with E-state index in [-0.39, 0.29) is 17.2 Å². The number of hydrogen-bond donors (Lipinski definition) is 0. The van der Waals surface area contributed by atoms with Gasteiger partial charge in [-0.05, 0) is 26.0 Å². The van der Waals surface area contributed by atoms with Crippen LogP contribution in [-0.4, -0.2) is 23.9 Å². The van der Waals surface area contributed by atoms with Crippen LogP contribution >= 0.6 is 0 Å². The number of nitro groups is 1. The molecule has 0 bridgehead atoms. The third-order valence-electron chi connectivity index (χ3n) is 2.24. The number of Topliss-reactive ketones (excluding diaryl/α,β-unsaturated/α-hetero) is 1. The smallest absolute Gasteiger partial charge is 0.314 e. The van der Waals surface area contributed by atoms with E-state index in [4.69, 9.17) is 9.47 Å². The van der Waals surface area contributed by atoms with Gasteiger partial charge >= 0.3 is 5.69 Å². The summed E-state index contributed by atoms with van der Waals surface area (Å²) in [6, 6.07) is 4.20. The predicted octanol–water partition coefficient (Wildman–Crippen LogP) is 1.96. The fourth-order valence-electron chi connectivity index (χ4n) is 1.14. The second kappa shape index (κ2) is 5.29. The molecule has 92 valence electrons. The van der Waals surface area contributed by atoms with Crippen molar-refractivity contribution >= 4 is 11.5 Å². The first-order chi connectivity index (χ1) is 7.95. The lowest BCUT2D eigenvalue weighted by atomic mass is 10.2. The van der Waals surface area contributed by atoms with Crippen molar-refractivity contribution in [3.8, 4) is 11.5 Å². The Kier molecular flexibility index (Phi) is 4.03. The van der Waals surface area contributed by atoms with Gasteiger partial charge in [0.1, 0.15) is 5.75 Å². The third kappa shape index (κ3) is 3.17. The van der Waals surface area contributed by atoms with Crippen molar-refractivity contribution in [1.82, 2.24) is 0 Å². The molecule has 1 atom stereocenters. The summed E-state index contributed by atoms with van der Waals surface area (Å²) in [6.45, 7) is 2.90. The molecule has 6 nitrogen and oxygen atoms in total. The van der Waals surface area contributed by atoms with Crippen molar-refractivity contribution in [2.24, 2.45) is 0 Å². The van der Waals surface area contributed by atoms with E-state index in [1.807, 2.05) is 0 Å². The van der Waals surface area contributed by atoms with Crippen molar-refractivity contribution in [3.05, 3.63) is 28.3 Å². The van der Waals surface area contributed by atoms with Gasteiger partial charge in [0.05, 0.1) is 18.1 Å². The van der Waals surface area contributed by atoms with Crippen molar-refractivity contribution in [3.63, 3.8) is 0 Å². The highest BCUT2D eigenvalue weighted by molar-refractivity contribution is 5.80. The molecule has 17 heavy (non-hydrogen) atoms. The number of nitrogens with zero attached hydrogens (tertiary/aromatic N) is 1. The number of carbonyl (C=O) groups excluding carboxylic acids is 1. The largest absolute Gasteiger partial charge is 0.496 e. The fourth-order valence-corrected chi connectivity index (χ4v) is 1.14. The van der Waals surface area contributed by atoms with Crippen molar-refractivity contribution in [2.75, 3.05) is 7.11 Å². The van der Waals surface area contributed by atoms with Gasteiger partial charge in [-0.1, -0.05) is 0 Å². The molecular weight excluding hydrogens is 226 g/mol. The molecule has 6 heteroatoms. The molecule has 0 aliphatic carbocycles. The molecule has 0 spiro atoms. The second-order valence-electron chi connectivity index (χ2n) is 3.46. The number of ketones is 1. The summed E-state index contributed by atoms with van der Waals surface area (Å²) in [7, 11) is 1.41. The SMILES string of the molecule is COc1ccc(OC(C)C(C)=O)c([N+](=O)[O-])c1. The number of carbonyl (C=O) groups is 1. The zero-order chi connectivity index (χ0) is 13.0. The maximum absolute atomic E-state index is 11.0. The molecule has 0 fully saturated rings. The lowest BCUT2D eigenvalue weighted by Gasteiger charge is -2.12. The van der Waals surface area contributed by atoms with Gasteiger partial charge in [-0.3, -0.25) is 14.9 Å². The topological polar surface area (TPSA) is 78.7 Å². The van der Waals surface area contributed by atoms with Crippen LogP contribution in [0.5, 0.6) is 11.5 Å². The first-order valence-corrected chi connectivity index (χ1v) is 4.95. The van der Waals surface area contributed by atoms with Gasteiger partial charge < -0.3 is 9.47 Å². The molecule has 0 aliphatic heterocycles. The normalized spacial score (nSPS) is 11.7. The van der Waals surface area contributed by atoms with Crippen LogP contribution in [-0.2, 0) is 4.79 Å². The van der Waals surface area contributed by atoms with Crippen LogP contribution in [0.1, 0.15) is 13.8 Å². The standard InChI is InChI=1S/C11H13NO5/c1-7(13)8(2)17-11-5-4-9(16-3)6-10(11)12(14)15/h4-6,8H,1-3H3. The van der Waals surface area contributed by atoms with E-state index >= 15 is 0 Å². The molecule has 1 rings (SSSR count). The van der Waals surface area contributed by atoms with Crippen LogP contribution in [0.3, 0.4) is 0 Å². The Morgan fingerprint density at radius 2 is 2.12 bits per heavy atom. The molecule has 0 saturated carbocycles. The Hall–Kier alpha value is -2.11. The minimum atomic E-state index is -0.720. The van der Waals surface area contributed by atoms with Gasteiger partial charge in [0.25, 0.3) is 0 Å². The number of benzene rings is 1. The predicted molar refractivity (Wildman–Crippen MR) is 60.4 cm³/mol. The lowest BCUT2D eigenvalue weighted by Crippen LogP contribution is -2.21. The average Bonchev–Trinajstić information content (AvgIpc) is 2.29. The highest BCUT2D eigenvalue weighted by atomic mass is 16.6. The number of methoxy groups -OCH3 is 1. The Bertz CT molecular complexity index is 443. The molecule has 1 aromatic carbocycles. The van der Waals surface area contributed by atoms with Gasteiger partial charge in [0, 0.05) is 0 Å². The number of nitro benzene ring substituents is 1. The highest BCUT2D eigenvalue weighted by Gasteiger charge is 2.20. The molecule has 1 aromatic rings. The zero-order valence-electron chi connectivity index (χ0n) is 9.80. The molecule has 0 N–H and O–H groups in total. The molecular formula is C11H13NO5. The van der Waals surface area contributed by atoms with E-state index in [9.17, 15) is 14.9 Å². The molecule has 0 aliphatic rings. The molecule has 0 radical (unpaired) electrons. The zero-order valence-corrected chi connectivity index (χ0v) is 9.80. The number of hydrogen-bond acceptors (Lipinski definition) is 5. The summed E-state index contributed by atoms with van der Waals surface area (Å²) in [5.41, 5.74) is -0.225. The Morgan fingerprint density at radius 3 is 2.59 bits per heavy atom. The van der Waals surface area contributed by atoms with Crippen molar-refractivity contribution in [1.29, 1.82) is 0 Å². The van der Waals surface area contributed by atoms with Gasteiger partial charge in [-0.25, -0.2) is 0 Å². The van der Waals surface area contributed by atoms with E-state index in [2.05, 4.69) is 0 Å². The number of ether oxygens (including phenoxy) is 2. The van der Waals surface area contributed by atoms with Crippen LogP contribution in [0.15, 0.2) is 18.2 Å². The van der Waals surface area contributed by atoms with Crippen LogP contribution in [0.2, 0.25) is 0 Å². The third-order valence-corrected chi connectivity index (χ3v) is 2.24. The van der Waals surface area contributed by atoms with E-state index in [1.165, 1.54) is 39.2 Å². The molecule has 1 unspecified atom stereocenters.